The van der Waals surface area contributed by atoms with Gasteiger partial charge >= 0.3 is 0 Å². The van der Waals surface area contributed by atoms with Gasteiger partial charge in [0.2, 0.25) is 10.0 Å². The van der Waals surface area contributed by atoms with Gasteiger partial charge in [-0.2, -0.15) is 0 Å². The van der Waals surface area contributed by atoms with E-state index in [9.17, 15) is 16.8 Å². The Balaban J connectivity index is 1.59. The average Bonchev–Trinajstić information content (AvgIpc) is 3.21. The first-order valence-corrected chi connectivity index (χ1v) is 13.5. The van der Waals surface area contributed by atoms with Crippen LogP contribution in [0, 0.1) is 5.92 Å². The van der Waals surface area contributed by atoms with E-state index in [1.165, 1.54) is 12.4 Å². The number of nitrogens with two attached hydrogens (primary N) is 2. The van der Waals surface area contributed by atoms with Crippen molar-refractivity contribution in [2.45, 2.75) is 48.8 Å². The number of nitrogens with one attached hydrogen (secondary N) is 1. The van der Waals surface area contributed by atoms with Crippen molar-refractivity contribution >= 4 is 42.5 Å². The molecule has 4 rings (SSSR count). The fraction of sp³-hybridized carbons (Fsp3) is 0.381. The van der Waals surface area contributed by atoms with E-state index in [-0.39, 0.29) is 16.9 Å². The van der Waals surface area contributed by atoms with Crippen LogP contribution in [0.2, 0.25) is 0 Å². The molecule has 0 saturated heterocycles. The number of fused-ring (bicyclic) bond motifs is 1. The first-order chi connectivity index (χ1) is 15.1. The van der Waals surface area contributed by atoms with Gasteiger partial charge < -0.3 is 11.1 Å². The molecule has 32 heavy (non-hydrogen) atoms. The standard InChI is InChI=1S/C21H27N5O4S2/c1-14(31(23,27)28)15-7-9-16(10-8-15)25-20-18-11-12-26(21(18)24-13-19(20)22)32(29,30)17-5-3-2-4-6-17/h2-6,11-16H,7-10,22H2,1H3,(H,24,25)(H2,23,27,28). The molecule has 0 radical (unpaired) electrons. The summed E-state index contributed by atoms with van der Waals surface area (Å²) in [5.41, 5.74) is 7.54. The molecule has 1 fully saturated rings. The number of hydrogen-bond donors (Lipinski definition) is 3. The van der Waals surface area contributed by atoms with Crippen LogP contribution in [0.5, 0.6) is 0 Å². The van der Waals surface area contributed by atoms with Gasteiger partial charge in [-0.1, -0.05) is 18.2 Å². The number of nitrogens with zero attached hydrogens (tertiary/aromatic N) is 2. The lowest BCUT2D eigenvalue weighted by molar-refractivity contribution is 0.330. The minimum atomic E-state index is -3.80. The largest absolute Gasteiger partial charge is 0.396 e. The van der Waals surface area contributed by atoms with Crippen molar-refractivity contribution in [3.8, 4) is 0 Å². The van der Waals surface area contributed by atoms with Gasteiger partial charge in [-0.25, -0.2) is 30.9 Å². The van der Waals surface area contributed by atoms with Crippen LogP contribution in [0.3, 0.4) is 0 Å². The van der Waals surface area contributed by atoms with E-state index in [1.807, 2.05) is 0 Å². The molecule has 172 valence electrons. The zero-order chi connectivity index (χ0) is 23.1. The Morgan fingerprint density at radius 3 is 2.34 bits per heavy atom. The van der Waals surface area contributed by atoms with E-state index in [2.05, 4.69) is 10.3 Å². The summed E-state index contributed by atoms with van der Waals surface area (Å²) < 4.78 is 50.7. The second kappa shape index (κ2) is 8.38. The van der Waals surface area contributed by atoms with Crippen LogP contribution in [0.4, 0.5) is 11.4 Å². The summed E-state index contributed by atoms with van der Waals surface area (Å²) in [5.74, 6) is 0.0231. The third-order valence-corrected chi connectivity index (χ3v) is 9.41. The lowest BCUT2D eigenvalue weighted by Crippen LogP contribution is -2.37. The van der Waals surface area contributed by atoms with E-state index in [0.29, 0.717) is 22.4 Å². The van der Waals surface area contributed by atoms with Gasteiger partial charge in [0, 0.05) is 17.6 Å². The topological polar surface area (TPSA) is 150 Å². The van der Waals surface area contributed by atoms with Crippen LogP contribution in [0.25, 0.3) is 11.0 Å². The normalized spacial score (nSPS) is 20.8. The fourth-order valence-electron chi connectivity index (χ4n) is 4.34. The lowest BCUT2D eigenvalue weighted by Gasteiger charge is -2.32. The summed E-state index contributed by atoms with van der Waals surface area (Å²) in [6.07, 6.45) is 5.92. The Kier molecular flexibility index (Phi) is 5.91. The smallest absolute Gasteiger partial charge is 0.269 e. The Morgan fingerprint density at radius 2 is 1.72 bits per heavy atom. The number of primary sulfonamides is 1. The quantitative estimate of drug-likeness (QED) is 0.493. The number of anilines is 2. The van der Waals surface area contributed by atoms with Gasteiger partial charge in [-0.3, -0.25) is 0 Å². The second-order valence-electron chi connectivity index (χ2n) is 8.31. The van der Waals surface area contributed by atoms with Crippen LogP contribution in [-0.4, -0.2) is 37.1 Å². The maximum Gasteiger partial charge on any atom is 0.269 e. The van der Waals surface area contributed by atoms with E-state index in [1.54, 1.807) is 43.3 Å². The fourth-order valence-corrected chi connectivity index (χ4v) is 6.48. The Labute approximate surface area is 187 Å². The number of aromatic nitrogens is 2. The third-order valence-electron chi connectivity index (χ3n) is 6.31. The molecule has 3 aromatic rings. The lowest BCUT2D eigenvalue weighted by atomic mass is 9.84. The molecule has 1 saturated carbocycles. The van der Waals surface area contributed by atoms with Gasteiger partial charge in [0.25, 0.3) is 10.0 Å². The van der Waals surface area contributed by atoms with E-state index < -0.39 is 25.3 Å². The molecular formula is C21H27N5O4S2. The van der Waals surface area contributed by atoms with Gasteiger partial charge in [0.1, 0.15) is 0 Å². The van der Waals surface area contributed by atoms with Crippen molar-refractivity contribution in [2.24, 2.45) is 11.1 Å². The molecule has 2 aromatic heterocycles. The molecule has 1 unspecified atom stereocenters. The summed E-state index contributed by atoms with van der Waals surface area (Å²) >= 11 is 0. The molecule has 0 spiro atoms. The maximum absolute atomic E-state index is 13.1. The second-order valence-corrected chi connectivity index (χ2v) is 12.0. The summed E-state index contributed by atoms with van der Waals surface area (Å²) in [6, 6.07) is 9.95. The van der Waals surface area contributed by atoms with Crippen LogP contribution < -0.4 is 16.2 Å². The highest BCUT2D eigenvalue weighted by atomic mass is 32.2. The van der Waals surface area contributed by atoms with Crippen molar-refractivity contribution in [1.82, 2.24) is 8.96 Å². The molecular weight excluding hydrogens is 450 g/mol. The van der Waals surface area contributed by atoms with Crippen LogP contribution >= 0.6 is 0 Å². The minimum Gasteiger partial charge on any atom is -0.396 e. The molecule has 0 bridgehead atoms. The molecule has 1 aliphatic carbocycles. The molecule has 11 heteroatoms. The minimum absolute atomic E-state index is 0.0231. The number of pyridine rings is 1. The first-order valence-electron chi connectivity index (χ1n) is 10.4. The van der Waals surface area contributed by atoms with Crippen molar-refractivity contribution in [3.05, 3.63) is 48.8 Å². The zero-order valence-electron chi connectivity index (χ0n) is 17.7. The molecule has 0 aliphatic heterocycles. The predicted octanol–water partition coefficient (Wildman–Crippen LogP) is 2.50. The van der Waals surface area contributed by atoms with Crippen molar-refractivity contribution in [2.75, 3.05) is 11.1 Å². The highest BCUT2D eigenvalue weighted by Gasteiger charge is 2.31. The zero-order valence-corrected chi connectivity index (χ0v) is 19.3. The van der Waals surface area contributed by atoms with Crippen LogP contribution in [0.1, 0.15) is 32.6 Å². The predicted molar refractivity (Wildman–Crippen MR) is 125 cm³/mol. The third kappa shape index (κ3) is 4.19. The Bertz CT molecular complexity index is 1330. The monoisotopic (exact) mass is 477 g/mol. The van der Waals surface area contributed by atoms with Crippen LogP contribution in [-0.2, 0) is 20.0 Å². The molecule has 1 aromatic carbocycles. The van der Waals surface area contributed by atoms with Gasteiger partial charge in [0.15, 0.2) is 5.65 Å². The van der Waals surface area contributed by atoms with E-state index in [4.69, 9.17) is 10.9 Å². The highest BCUT2D eigenvalue weighted by Crippen LogP contribution is 2.35. The van der Waals surface area contributed by atoms with E-state index in [0.717, 1.165) is 29.7 Å². The average molecular weight is 478 g/mol. The number of sulfonamides is 1. The van der Waals surface area contributed by atoms with Crippen LogP contribution in [0.15, 0.2) is 53.7 Å². The SMILES string of the molecule is CC(C1CCC(Nc2c(N)cnc3c2ccn3S(=O)(=O)c2ccccc2)CC1)S(N)(=O)=O. The van der Waals surface area contributed by atoms with Gasteiger partial charge in [-0.15, -0.1) is 0 Å². The highest BCUT2D eigenvalue weighted by molar-refractivity contribution is 7.90. The first kappa shape index (κ1) is 22.6. The number of rotatable bonds is 6. The molecule has 1 atom stereocenters. The van der Waals surface area contributed by atoms with Gasteiger partial charge in [0.05, 0.1) is 27.7 Å². The van der Waals surface area contributed by atoms with Crippen molar-refractivity contribution in [3.63, 3.8) is 0 Å². The molecule has 9 nitrogen and oxygen atoms in total. The molecule has 1 aliphatic rings. The van der Waals surface area contributed by atoms with Crippen molar-refractivity contribution in [1.29, 1.82) is 0 Å². The Hall–Kier alpha value is -2.63. The Morgan fingerprint density at radius 1 is 1.06 bits per heavy atom. The summed E-state index contributed by atoms with van der Waals surface area (Å²) in [4.78, 5) is 4.46. The summed E-state index contributed by atoms with van der Waals surface area (Å²) in [6.45, 7) is 1.66. The molecule has 2 heterocycles. The maximum atomic E-state index is 13.1. The van der Waals surface area contributed by atoms with Crippen molar-refractivity contribution < 1.29 is 16.8 Å². The number of nitrogen functional groups attached to an aromatic ring is 1. The van der Waals surface area contributed by atoms with E-state index >= 15 is 0 Å². The summed E-state index contributed by atoms with van der Waals surface area (Å²) in [7, 11) is -7.36. The molecule has 0 amide bonds. The number of hydrogen-bond acceptors (Lipinski definition) is 7. The van der Waals surface area contributed by atoms with Gasteiger partial charge in [-0.05, 0) is 56.7 Å². The summed E-state index contributed by atoms with van der Waals surface area (Å²) in [5, 5.41) is 8.80. The molecule has 5 N–H and O–H groups in total. The number of benzene rings is 1.